The van der Waals surface area contributed by atoms with Crippen molar-refractivity contribution in [2.75, 3.05) is 0 Å². The van der Waals surface area contributed by atoms with Gasteiger partial charge in [0, 0.05) is 6.42 Å². The fraction of sp³-hybridized carbons (Fsp3) is 0.667. The second-order valence-corrected chi connectivity index (χ2v) is 4.15. The summed E-state index contributed by atoms with van der Waals surface area (Å²) in [6.45, 7) is 7.18. The molecule has 100 valence electrons. The first-order valence-electron chi connectivity index (χ1n) is 6.25. The summed E-state index contributed by atoms with van der Waals surface area (Å²) in [5, 5.41) is 15.3. The quantitative estimate of drug-likeness (QED) is 0.576. The largest absolute Gasteiger partial charge is 0.313 e. The molecule has 0 aliphatic carbocycles. The molecule has 1 atom stereocenters. The number of hydrogen-bond donors (Lipinski definition) is 0. The van der Waals surface area contributed by atoms with Crippen molar-refractivity contribution < 1.29 is 9.72 Å². The lowest BCUT2D eigenvalue weighted by atomic mass is 10.1. The summed E-state index contributed by atoms with van der Waals surface area (Å²) in [6.07, 6.45) is 1.38. The number of nitro groups is 1. The maximum absolute atomic E-state index is 11.7. The van der Waals surface area contributed by atoms with Crippen LogP contribution in [-0.4, -0.2) is 20.5 Å². The summed E-state index contributed by atoms with van der Waals surface area (Å²) in [4.78, 5) is 22.4. The van der Waals surface area contributed by atoms with Crippen LogP contribution < -0.4 is 0 Å². The Labute approximate surface area is 106 Å². The molecule has 6 heteroatoms. The third kappa shape index (κ3) is 2.42. The van der Waals surface area contributed by atoms with Gasteiger partial charge in [0.05, 0.1) is 4.92 Å². The van der Waals surface area contributed by atoms with Gasteiger partial charge in [-0.05, 0) is 19.8 Å². The number of hydrogen-bond acceptors (Lipinski definition) is 4. The van der Waals surface area contributed by atoms with Gasteiger partial charge < -0.3 is 0 Å². The molecule has 0 fully saturated rings. The molecule has 18 heavy (non-hydrogen) atoms. The van der Waals surface area contributed by atoms with Crippen molar-refractivity contribution in [3.05, 3.63) is 21.5 Å². The van der Waals surface area contributed by atoms with Crippen molar-refractivity contribution in [3.8, 4) is 0 Å². The fourth-order valence-electron chi connectivity index (χ4n) is 2.04. The van der Waals surface area contributed by atoms with E-state index in [1.807, 2.05) is 13.8 Å². The molecule has 1 heterocycles. The third-order valence-corrected chi connectivity index (χ3v) is 3.09. The standard InChI is InChI=1S/C12H19N3O3/c1-5-9-12(15(17)18)10(6-2)14(13-9)8(4)11(16)7-3/h8H,5-7H2,1-4H3. The second-order valence-electron chi connectivity index (χ2n) is 4.15. The number of nitrogens with zero attached hydrogens (tertiary/aromatic N) is 3. The number of carbonyl (C=O) groups excluding carboxylic acids is 1. The normalized spacial score (nSPS) is 12.4. The molecule has 6 nitrogen and oxygen atoms in total. The highest BCUT2D eigenvalue weighted by Gasteiger charge is 2.28. The maximum Gasteiger partial charge on any atom is 0.313 e. The van der Waals surface area contributed by atoms with Crippen LogP contribution >= 0.6 is 0 Å². The van der Waals surface area contributed by atoms with Crippen molar-refractivity contribution in [2.45, 2.75) is 53.0 Å². The van der Waals surface area contributed by atoms with E-state index in [2.05, 4.69) is 5.10 Å². The summed E-state index contributed by atoms with van der Waals surface area (Å²) in [7, 11) is 0. The van der Waals surface area contributed by atoms with Crippen LogP contribution in [0, 0.1) is 10.1 Å². The van der Waals surface area contributed by atoms with Crippen LogP contribution in [-0.2, 0) is 17.6 Å². The zero-order valence-corrected chi connectivity index (χ0v) is 11.3. The van der Waals surface area contributed by atoms with Crippen molar-refractivity contribution in [1.29, 1.82) is 0 Å². The Morgan fingerprint density at radius 1 is 1.39 bits per heavy atom. The maximum atomic E-state index is 11.7. The van der Waals surface area contributed by atoms with Crippen molar-refractivity contribution in [3.63, 3.8) is 0 Å². The van der Waals surface area contributed by atoms with Crippen LogP contribution in [0.2, 0.25) is 0 Å². The molecule has 1 aromatic rings. The van der Waals surface area contributed by atoms with Gasteiger partial charge in [0.25, 0.3) is 0 Å². The molecule has 0 aliphatic rings. The van der Waals surface area contributed by atoms with Crippen molar-refractivity contribution in [1.82, 2.24) is 9.78 Å². The molecule has 0 saturated carbocycles. The first kappa shape index (κ1) is 14.3. The zero-order valence-electron chi connectivity index (χ0n) is 11.3. The molecule has 0 saturated heterocycles. The van der Waals surface area contributed by atoms with Gasteiger partial charge in [-0.1, -0.05) is 20.8 Å². The minimum absolute atomic E-state index is 0.0322. The van der Waals surface area contributed by atoms with Gasteiger partial charge in [-0.2, -0.15) is 5.10 Å². The number of ketones is 1. The van der Waals surface area contributed by atoms with Gasteiger partial charge in [-0.15, -0.1) is 0 Å². The van der Waals surface area contributed by atoms with E-state index in [0.717, 1.165) is 0 Å². The van der Waals surface area contributed by atoms with E-state index in [0.29, 0.717) is 30.7 Å². The summed E-state index contributed by atoms with van der Waals surface area (Å²) in [5.74, 6) is 0.0322. The lowest BCUT2D eigenvalue weighted by Gasteiger charge is -2.12. The van der Waals surface area contributed by atoms with E-state index in [1.54, 1.807) is 13.8 Å². The van der Waals surface area contributed by atoms with Crippen LogP contribution in [0.15, 0.2) is 0 Å². The predicted octanol–water partition coefficient (Wildman–Crippen LogP) is 2.46. The molecular formula is C12H19N3O3. The Kier molecular flexibility index (Phi) is 4.58. The highest BCUT2D eigenvalue weighted by Crippen LogP contribution is 2.27. The van der Waals surface area contributed by atoms with E-state index < -0.39 is 11.0 Å². The first-order valence-corrected chi connectivity index (χ1v) is 6.25. The summed E-state index contributed by atoms with van der Waals surface area (Å²) in [5.41, 5.74) is 1.05. The lowest BCUT2D eigenvalue weighted by molar-refractivity contribution is -0.386. The van der Waals surface area contributed by atoms with Gasteiger partial charge in [0.15, 0.2) is 5.78 Å². The van der Waals surface area contributed by atoms with E-state index in [4.69, 9.17) is 0 Å². The van der Waals surface area contributed by atoms with Gasteiger partial charge in [-0.25, -0.2) is 0 Å². The van der Waals surface area contributed by atoms with Crippen LogP contribution in [0.25, 0.3) is 0 Å². The van der Waals surface area contributed by atoms with Gasteiger partial charge in [-0.3, -0.25) is 19.6 Å². The van der Waals surface area contributed by atoms with Crippen LogP contribution in [0.1, 0.15) is 51.5 Å². The average Bonchev–Trinajstić information content (AvgIpc) is 2.75. The zero-order chi connectivity index (χ0) is 13.9. The number of Topliss-reactive ketones (excluding diaryl/α,β-unsaturated/α-hetero) is 1. The average molecular weight is 253 g/mol. The Balaban J connectivity index is 3.37. The third-order valence-electron chi connectivity index (χ3n) is 3.09. The highest BCUT2D eigenvalue weighted by molar-refractivity contribution is 5.82. The summed E-state index contributed by atoms with van der Waals surface area (Å²) in [6, 6.07) is -0.441. The van der Waals surface area contributed by atoms with Gasteiger partial charge >= 0.3 is 5.69 Å². The lowest BCUT2D eigenvalue weighted by Crippen LogP contribution is -2.19. The number of aryl methyl sites for hydroxylation is 1. The minimum Gasteiger partial charge on any atom is -0.297 e. The Morgan fingerprint density at radius 3 is 2.39 bits per heavy atom. The van der Waals surface area contributed by atoms with Crippen LogP contribution in [0.4, 0.5) is 5.69 Å². The highest BCUT2D eigenvalue weighted by atomic mass is 16.6. The molecular weight excluding hydrogens is 234 g/mol. The van der Waals surface area contributed by atoms with E-state index >= 15 is 0 Å². The van der Waals surface area contributed by atoms with Gasteiger partial charge in [0.2, 0.25) is 0 Å². The molecule has 0 spiro atoms. The molecule has 0 radical (unpaired) electrons. The number of aromatic nitrogens is 2. The van der Waals surface area contributed by atoms with E-state index in [9.17, 15) is 14.9 Å². The molecule has 0 N–H and O–H groups in total. The van der Waals surface area contributed by atoms with Crippen molar-refractivity contribution >= 4 is 11.5 Å². The molecule has 1 aromatic heterocycles. The van der Waals surface area contributed by atoms with Crippen molar-refractivity contribution in [2.24, 2.45) is 0 Å². The molecule has 1 unspecified atom stereocenters. The number of rotatable bonds is 6. The van der Waals surface area contributed by atoms with E-state index in [-0.39, 0.29) is 11.5 Å². The van der Waals surface area contributed by atoms with Gasteiger partial charge in [0.1, 0.15) is 17.4 Å². The monoisotopic (exact) mass is 253 g/mol. The molecule has 0 bridgehead atoms. The number of carbonyl (C=O) groups is 1. The Hall–Kier alpha value is -1.72. The molecule has 1 rings (SSSR count). The fourth-order valence-corrected chi connectivity index (χ4v) is 2.04. The minimum atomic E-state index is -0.441. The van der Waals surface area contributed by atoms with Crippen LogP contribution in [0.3, 0.4) is 0 Å². The van der Waals surface area contributed by atoms with E-state index in [1.165, 1.54) is 4.68 Å². The smallest absolute Gasteiger partial charge is 0.297 e. The summed E-state index contributed by atoms with van der Waals surface area (Å²) < 4.78 is 1.52. The predicted molar refractivity (Wildman–Crippen MR) is 67.6 cm³/mol. The van der Waals surface area contributed by atoms with Crippen LogP contribution in [0.5, 0.6) is 0 Å². The molecule has 0 aromatic carbocycles. The Morgan fingerprint density at radius 2 is 2.00 bits per heavy atom. The Bertz CT molecular complexity index is 465. The second kappa shape index (κ2) is 5.75. The SMILES string of the molecule is CCC(=O)C(C)n1nc(CC)c([N+](=O)[O-])c1CC. The summed E-state index contributed by atoms with van der Waals surface area (Å²) >= 11 is 0. The first-order chi connectivity index (χ1) is 8.47. The molecule has 0 amide bonds. The topological polar surface area (TPSA) is 78.0 Å². The molecule has 0 aliphatic heterocycles.